The number of nitrogens with one attached hydrogen (secondary N) is 2. The van der Waals surface area contributed by atoms with Gasteiger partial charge in [0, 0.05) is 38.3 Å². The number of likely N-dealkylation sites (N-methyl/N-ethyl adjacent to an activating group) is 1. The third kappa shape index (κ3) is 5.59. The van der Waals surface area contributed by atoms with Crippen molar-refractivity contribution in [3.05, 3.63) is 16.7 Å². The van der Waals surface area contributed by atoms with E-state index in [9.17, 15) is 5.26 Å². The second-order valence-corrected chi connectivity index (χ2v) is 8.06. The first-order valence-electron chi connectivity index (χ1n) is 11.1. The lowest BCUT2D eigenvalue weighted by molar-refractivity contribution is 0.120. The van der Waals surface area contributed by atoms with E-state index in [-0.39, 0.29) is 6.10 Å². The standard InChI is InChI=1S/C22H36N6O/c1-4-28(5-2)11-7-10-24-21-19(14-23)18-9-12-27(3)16-20(18)22(26-21)25-15-17-8-6-13-29-17/h17H,4-13,15-16H2,1-3H3,(H2,24,25,26)/t17-/m0/s1. The van der Waals surface area contributed by atoms with Crippen LogP contribution in [-0.4, -0.2) is 73.8 Å². The number of nitrogens with zero attached hydrogens (tertiary/aromatic N) is 4. The molecule has 160 valence electrons. The maximum Gasteiger partial charge on any atom is 0.146 e. The second-order valence-electron chi connectivity index (χ2n) is 8.06. The molecule has 2 aliphatic heterocycles. The SMILES string of the molecule is CCN(CC)CCCNc1nc(NC[C@@H]2CCCO2)c2c(c1C#N)CCN(C)C2. The Morgan fingerprint density at radius 3 is 2.76 bits per heavy atom. The highest BCUT2D eigenvalue weighted by molar-refractivity contribution is 5.66. The van der Waals surface area contributed by atoms with Gasteiger partial charge in [0.25, 0.3) is 0 Å². The minimum absolute atomic E-state index is 0.259. The Kier molecular flexibility index (Phi) is 8.10. The van der Waals surface area contributed by atoms with Gasteiger partial charge in [0.15, 0.2) is 0 Å². The molecule has 0 radical (unpaired) electrons. The molecule has 1 fully saturated rings. The molecule has 0 unspecified atom stereocenters. The zero-order valence-corrected chi connectivity index (χ0v) is 18.3. The first kappa shape index (κ1) is 21.8. The van der Waals surface area contributed by atoms with Crippen LogP contribution in [0.15, 0.2) is 0 Å². The number of rotatable bonds is 10. The highest BCUT2D eigenvalue weighted by Crippen LogP contribution is 2.31. The van der Waals surface area contributed by atoms with E-state index >= 15 is 0 Å². The molecule has 7 nitrogen and oxygen atoms in total. The Hall–Kier alpha value is -1.88. The molecule has 2 N–H and O–H groups in total. The molecular weight excluding hydrogens is 364 g/mol. The minimum atomic E-state index is 0.259. The highest BCUT2D eigenvalue weighted by Gasteiger charge is 2.25. The smallest absolute Gasteiger partial charge is 0.146 e. The number of nitriles is 1. The third-order valence-electron chi connectivity index (χ3n) is 6.05. The molecule has 2 aliphatic rings. The van der Waals surface area contributed by atoms with Crippen LogP contribution in [0.25, 0.3) is 0 Å². The van der Waals surface area contributed by atoms with Crippen molar-refractivity contribution >= 4 is 11.6 Å². The van der Waals surface area contributed by atoms with Crippen molar-refractivity contribution in [3.63, 3.8) is 0 Å². The monoisotopic (exact) mass is 400 g/mol. The number of anilines is 2. The van der Waals surface area contributed by atoms with Crippen LogP contribution < -0.4 is 10.6 Å². The lowest BCUT2D eigenvalue weighted by Gasteiger charge is -2.29. The van der Waals surface area contributed by atoms with Crippen molar-refractivity contribution in [2.75, 3.05) is 63.6 Å². The fourth-order valence-electron chi connectivity index (χ4n) is 4.23. The fraction of sp³-hybridized carbons (Fsp3) is 0.727. The summed E-state index contributed by atoms with van der Waals surface area (Å²) in [6, 6.07) is 2.43. The van der Waals surface area contributed by atoms with Gasteiger partial charge in [0.2, 0.25) is 0 Å². The van der Waals surface area contributed by atoms with E-state index in [1.54, 1.807) is 0 Å². The Morgan fingerprint density at radius 2 is 2.07 bits per heavy atom. The van der Waals surface area contributed by atoms with Gasteiger partial charge in [-0.2, -0.15) is 5.26 Å². The van der Waals surface area contributed by atoms with Crippen LogP contribution in [0, 0.1) is 11.3 Å². The molecule has 0 aliphatic carbocycles. The largest absolute Gasteiger partial charge is 0.376 e. The van der Waals surface area contributed by atoms with Crippen LogP contribution in [0.2, 0.25) is 0 Å². The van der Waals surface area contributed by atoms with E-state index in [1.807, 2.05) is 0 Å². The summed E-state index contributed by atoms with van der Waals surface area (Å²) >= 11 is 0. The Bertz CT molecular complexity index is 706. The van der Waals surface area contributed by atoms with E-state index in [2.05, 4.69) is 47.4 Å². The van der Waals surface area contributed by atoms with E-state index < -0.39 is 0 Å². The van der Waals surface area contributed by atoms with Crippen LogP contribution in [0.5, 0.6) is 0 Å². The van der Waals surface area contributed by atoms with Crippen molar-refractivity contribution in [3.8, 4) is 6.07 Å². The van der Waals surface area contributed by atoms with Gasteiger partial charge in [-0.15, -0.1) is 0 Å². The quantitative estimate of drug-likeness (QED) is 0.585. The van der Waals surface area contributed by atoms with Gasteiger partial charge < -0.3 is 25.2 Å². The number of aromatic nitrogens is 1. The predicted octanol–water partition coefficient (Wildman–Crippen LogP) is 2.68. The summed E-state index contributed by atoms with van der Waals surface area (Å²) in [7, 11) is 2.12. The molecule has 0 saturated carbocycles. The van der Waals surface area contributed by atoms with Gasteiger partial charge in [-0.05, 0) is 57.9 Å². The van der Waals surface area contributed by atoms with Crippen LogP contribution in [-0.2, 0) is 17.7 Å². The normalized spacial score (nSPS) is 19.2. The van der Waals surface area contributed by atoms with E-state index in [1.165, 1.54) is 5.56 Å². The first-order valence-corrected chi connectivity index (χ1v) is 11.1. The van der Waals surface area contributed by atoms with E-state index in [4.69, 9.17) is 9.72 Å². The first-order chi connectivity index (χ1) is 14.2. The summed E-state index contributed by atoms with van der Waals surface area (Å²) < 4.78 is 5.76. The maximum absolute atomic E-state index is 9.86. The minimum Gasteiger partial charge on any atom is -0.376 e. The van der Waals surface area contributed by atoms with E-state index in [0.29, 0.717) is 0 Å². The number of ether oxygens (including phenoxy) is 1. The Morgan fingerprint density at radius 1 is 1.24 bits per heavy atom. The highest BCUT2D eigenvalue weighted by atomic mass is 16.5. The molecule has 0 bridgehead atoms. The molecule has 1 aromatic rings. The van der Waals surface area contributed by atoms with Crippen LogP contribution in [0.4, 0.5) is 11.6 Å². The van der Waals surface area contributed by atoms with Crippen molar-refractivity contribution in [1.29, 1.82) is 5.26 Å². The van der Waals surface area contributed by atoms with Gasteiger partial charge in [0.05, 0.1) is 11.7 Å². The average Bonchev–Trinajstić information content (AvgIpc) is 3.25. The van der Waals surface area contributed by atoms with Gasteiger partial charge in [-0.3, -0.25) is 0 Å². The van der Waals surface area contributed by atoms with Crippen LogP contribution in [0.3, 0.4) is 0 Å². The molecular formula is C22H36N6O. The van der Waals surface area contributed by atoms with Crippen molar-refractivity contribution in [2.45, 2.75) is 52.2 Å². The Labute approximate surface area is 175 Å². The van der Waals surface area contributed by atoms with Gasteiger partial charge >= 0.3 is 0 Å². The molecule has 7 heteroatoms. The zero-order chi connectivity index (χ0) is 20.6. The van der Waals surface area contributed by atoms with Crippen molar-refractivity contribution in [1.82, 2.24) is 14.8 Å². The molecule has 1 saturated heterocycles. The molecule has 3 rings (SSSR count). The summed E-state index contributed by atoms with van der Waals surface area (Å²) in [6.07, 6.45) is 4.41. The van der Waals surface area contributed by atoms with Crippen LogP contribution in [0.1, 0.15) is 49.8 Å². The summed E-state index contributed by atoms with van der Waals surface area (Å²) in [5.41, 5.74) is 3.04. The molecule has 3 heterocycles. The molecule has 29 heavy (non-hydrogen) atoms. The molecule has 0 aromatic carbocycles. The molecule has 1 atom stereocenters. The van der Waals surface area contributed by atoms with Gasteiger partial charge in [-0.25, -0.2) is 4.98 Å². The van der Waals surface area contributed by atoms with Gasteiger partial charge in [-0.1, -0.05) is 13.8 Å². The van der Waals surface area contributed by atoms with E-state index in [0.717, 1.165) is 101 Å². The van der Waals surface area contributed by atoms with Crippen molar-refractivity contribution in [2.24, 2.45) is 0 Å². The number of pyridine rings is 1. The number of fused-ring (bicyclic) bond motifs is 1. The molecule has 0 amide bonds. The summed E-state index contributed by atoms with van der Waals surface area (Å²) in [5, 5.41) is 16.8. The number of hydrogen-bond acceptors (Lipinski definition) is 7. The zero-order valence-electron chi connectivity index (χ0n) is 18.3. The molecule has 0 spiro atoms. The summed E-state index contributed by atoms with van der Waals surface area (Å²) in [4.78, 5) is 9.57. The fourth-order valence-corrected chi connectivity index (χ4v) is 4.23. The number of hydrogen-bond donors (Lipinski definition) is 2. The van der Waals surface area contributed by atoms with Crippen molar-refractivity contribution < 1.29 is 4.74 Å². The lowest BCUT2D eigenvalue weighted by Crippen LogP contribution is -2.30. The summed E-state index contributed by atoms with van der Waals surface area (Å²) in [5.74, 6) is 1.64. The van der Waals surface area contributed by atoms with Crippen LogP contribution >= 0.6 is 0 Å². The molecule has 1 aromatic heterocycles. The lowest BCUT2D eigenvalue weighted by atomic mass is 9.96. The summed E-state index contributed by atoms with van der Waals surface area (Å²) in [6.45, 7) is 11.8. The maximum atomic E-state index is 9.86. The predicted molar refractivity (Wildman–Crippen MR) is 117 cm³/mol. The topological polar surface area (TPSA) is 76.5 Å². The second kappa shape index (κ2) is 10.8. The third-order valence-corrected chi connectivity index (χ3v) is 6.05. The Balaban J connectivity index is 1.75. The van der Waals surface area contributed by atoms with Gasteiger partial charge in [0.1, 0.15) is 17.7 Å². The average molecular weight is 401 g/mol.